The van der Waals surface area contributed by atoms with Crippen molar-refractivity contribution >= 4 is 91.7 Å². The molecule has 9 heterocycles. The minimum Gasteiger partial charge on any atom is -0.444 e. The number of carbonyl (C=O) groups is 5. The second-order valence-corrected chi connectivity index (χ2v) is 36.5. The Labute approximate surface area is 711 Å². The van der Waals surface area contributed by atoms with E-state index in [-0.39, 0.29) is 60.1 Å². The number of aromatic nitrogens is 6. The first-order chi connectivity index (χ1) is 57.1. The van der Waals surface area contributed by atoms with Gasteiger partial charge < -0.3 is 65.6 Å². The van der Waals surface area contributed by atoms with Crippen molar-refractivity contribution in [2.45, 2.75) is 261 Å². The summed E-state index contributed by atoms with van der Waals surface area (Å²) in [5, 5.41) is 34.4. The predicted octanol–water partition coefficient (Wildman–Crippen LogP) is 14.4. The highest BCUT2D eigenvalue weighted by Crippen LogP contribution is 2.48. The normalized spacial score (nSPS) is 18.4. The summed E-state index contributed by atoms with van der Waals surface area (Å²) in [5.74, 6) is 0.423. The number of hydrogen-bond donors (Lipinski definition) is 7. The number of aryl methyl sites for hydroxylation is 6. The van der Waals surface area contributed by atoms with Gasteiger partial charge in [0.2, 0.25) is 23.6 Å². The lowest BCUT2D eigenvalue weighted by Crippen LogP contribution is -2.42. The maximum atomic E-state index is 13.8. The molecule has 638 valence electrons. The second kappa shape index (κ2) is 38.5. The quantitative estimate of drug-likeness (QED) is 0.0196. The Morgan fingerprint density at radius 1 is 0.555 bits per heavy atom. The molecular formula is C93H126BBrN14O10. The number of amides is 5. The van der Waals surface area contributed by atoms with Gasteiger partial charge >= 0.3 is 13.2 Å². The lowest BCUT2D eigenvalue weighted by Gasteiger charge is -2.33. The van der Waals surface area contributed by atoms with Gasteiger partial charge in [0.15, 0.2) is 11.3 Å². The topological polar surface area (TPSA) is 280 Å². The third-order valence-electron chi connectivity index (χ3n) is 25.4. The van der Waals surface area contributed by atoms with E-state index >= 15 is 0 Å². The van der Waals surface area contributed by atoms with Crippen LogP contribution in [0.2, 0.25) is 0 Å². The first-order valence-corrected chi connectivity index (χ1v) is 44.5. The van der Waals surface area contributed by atoms with Crippen molar-refractivity contribution < 1.29 is 47.5 Å². The van der Waals surface area contributed by atoms with Gasteiger partial charge in [0.1, 0.15) is 16.4 Å². The Morgan fingerprint density at radius 2 is 1.01 bits per heavy atom. The zero-order valence-electron chi connectivity index (χ0n) is 72.4. The van der Waals surface area contributed by atoms with E-state index in [1.54, 1.807) is 0 Å². The van der Waals surface area contributed by atoms with Gasteiger partial charge in [-0.2, -0.15) is 10.2 Å². The van der Waals surface area contributed by atoms with Crippen molar-refractivity contribution in [3.05, 3.63) is 158 Å². The van der Waals surface area contributed by atoms with E-state index in [0.717, 1.165) is 212 Å². The van der Waals surface area contributed by atoms with Gasteiger partial charge in [-0.25, -0.2) is 24.1 Å². The van der Waals surface area contributed by atoms with Crippen molar-refractivity contribution in [3.8, 4) is 11.1 Å². The number of carbonyl (C=O) groups excluding carboxylic acids is 5. The monoisotopic (exact) mass is 1690 g/mol. The van der Waals surface area contributed by atoms with E-state index in [1.165, 1.54) is 40.7 Å². The van der Waals surface area contributed by atoms with Crippen LogP contribution in [0.3, 0.4) is 0 Å². The molecule has 8 aromatic rings. The highest BCUT2D eigenvalue weighted by molar-refractivity contribution is 9.10. The Bertz CT molecular complexity index is 4890. The van der Waals surface area contributed by atoms with E-state index in [9.17, 15) is 24.0 Å². The van der Waals surface area contributed by atoms with Gasteiger partial charge in [0.25, 0.3) is 0 Å². The number of fused-ring (bicyclic) bond motifs is 2. The van der Waals surface area contributed by atoms with Crippen LogP contribution in [0, 0.1) is 36.5 Å². The minimum atomic E-state index is -1.04. The molecule has 15 rings (SSSR count). The summed E-state index contributed by atoms with van der Waals surface area (Å²) in [6.45, 7) is 35.9. The number of halogens is 1. The summed E-state index contributed by atoms with van der Waals surface area (Å²) in [4.78, 5) is 78.0. The fourth-order valence-electron chi connectivity index (χ4n) is 16.9. The number of hydrogen-bond acceptors (Lipinski definition) is 17. The summed E-state index contributed by atoms with van der Waals surface area (Å²) >= 11 is 3.54. The molecule has 7 fully saturated rings. The van der Waals surface area contributed by atoms with Gasteiger partial charge in [-0.1, -0.05) is 103 Å². The van der Waals surface area contributed by atoms with Gasteiger partial charge in [-0.15, -0.1) is 0 Å². The third kappa shape index (κ3) is 21.2. The highest BCUT2D eigenvalue weighted by atomic mass is 79.9. The van der Waals surface area contributed by atoms with Crippen LogP contribution in [0.25, 0.3) is 33.2 Å². The Hall–Kier alpha value is -8.79. The lowest BCUT2D eigenvalue weighted by molar-refractivity contribution is -0.138. The standard InChI is InChI=1S/C41H53N7O3.C29H37BrN6O3.C23H36BNO4/c1-4-36-34(37(46-32-13-19-51-20-14-32)35-26-45-48(5-2)38(35)47-36)25-44-40(50)41(15-16-41)39(49)43-24-30-10-9-27(3)33(23-30)31-8-6-7-29(22-31)21-28-11-17-42-18-12-28;1-4-24-21(25(34-20-8-12-39-13-9-20)22-17-33-36(5-2)26(22)35-24)16-32-28(38)29(10-11-29)27(37)31-15-19-7-6-18(3)23(30)14-19;1-21(2,3)27-20(26)25-13-11-17(12-14-25)15-18-9-8-10-19(16-18)24-28-22(4,5)23(6,7)29-24/h6-10,22-23,26,28,32,42H,4-5,11-21,24-25H2,1-3H3,(H,43,49)(H,44,50)(H,46,47);6-7,14,17,20H,4-5,8-13,15-16H2,1-3H3,(H,31,37)(H,32,38)(H,34,35);8-10,16-17H,11-15H2,1-7H3. The smallest absolute Gasteiger partial charge is 0.444 e. The van der Waals surface area contributed by atoms with Crippen LogP contribution in [0.4, 0.5) is 16.2 Å². The van der Waals surface area contributed by atoms with Crippen molar-refractivity contribution in [1.29, 1.82) is 0 Å². The molecule has 24 nitrogen and oxygen atoms in total. The number of piperidine rings is 2. The summed E-state index contributed by atoms with van der Waals surface area (Å²) < 4.78 is 33.9. The minimum absolute atomic E-state index is 0.196. The molecule has 0 spiro atoms. The van der Waals surface area contributed by atoms with Gasteiger partial charge in [-0.05, 0) is 266 Å². The molecule has 0 radical (unpaired) electrons. The summed E-state index contributed by atoms with van der Waals surface area (Å²) in [7, 11) is -0.325. The molecule has 7 N–H and O–H groups in total. The van der Waals surface area contributed by atoms with E-state index in [2.05, 4.69) is 192 Å². The number of benzene rings is 4. The number of nitrogens with zero attached hydrogens (tertiary/aromatic N) is 7. The molecule has 2 saturated carbocycles. The van der Waals surface area contributed by atoms with E-state index < -0.39 is 16.4 Å². The average Bonchev–Trinajstić information content (AvgIpc) is 1.65. The maximum Gasteiger partial charge on any atom is 0.494 e. The lowest BCUT2D eigenvalue weighted by atomic mass is 9.77. The van der Waals surface area contributed by atoms with Crippen molar-refractivity contribution in [2.75, 3.05) is 63.2 Å². The van der Waals surface area contributed by atoms with E-state index in [0.29, 0.717) is 64.2 Å². The SMILES string of the molecule is CC(C)(C)OC(=O)N1CCC(Cc2cccc(B3OC(C)(C)C(C)(C)O3)c2)CC1.CCc1nc2c(cnn2CC)c(NC2CCOCC2)c1CNC(=O)C1(C(=O)NCc2ccc(C)c(-c3cccc(CC4CCNCC4)c3)c2)CC1.CCc1nc2c(cnn2CC)c(NC2CCOCC2)c1CNC(=O)C1(C(=O)NCc2ccc(C)c(Br)c2)CC1. The second-order valence-electron chi connectivity index (χ2n) is 35.7. The zero-order chi connectivity index (χ0) is 84.4. The molecule has 5 amide bonds. The van der Waals surface area contributed by atoms with Gasteiger partial charge in [0, 0.05) is 118 Å². The van der Waals surface area contributed by atoms with E-state index in [1.807, 2.05) is 72.6 Å². The molecule has 7 aliphatic rings. The Balaban J connectivity index is 0.000000161. The fourth-order valence-corrected chi connectivity index (χ4v) is 17.3. The van der Waals surface area contributed by atoms with Crippen molar-refractivity contribution in [1.82, 2.24) is 61.0 Å². The number of rotatable bonds is 26. The summed E-state index contributed by atoms with van der Waals surface area (Å²) in [6.07, 6.45) is 17.4. The van der Waals surface area contributed by atoms with Crippen LogP contribution in [0.5, 0.6) is 0 Å². The molecule has 4 aromatic heterocycles. The first kappa shape index (κ1) is 88.0. The molecule has 2 aliphatic carbocycles. The maximum absolute atomic E-state index is 13.8. The number of anilines is 2. The Kier molecular flexibility index (Phi) is 28.5. The third-order valence-corrected chi connectivity index (χ3v) is 26.2. The van der Waals surface area contributed by atoms with Crippen LogP contribution in [-0.4, -0.2) is 153 Å². The fraction of sp³-hybridized carbons (Fsp3) is 0.559. The van der Waals surface area contributed by atoms with Gasteiger partial charge in [0.05, 0.1) is 45.7 Å². The molecule has 4 aromatic carbocycles. The number of pyridine rings is 2. The van der Waals surface area contributed by atoms with Gasteiger partial charge in [-0.3, -0.25) is 19.2 Å². The number of likely N-dealkylation sites (tertiary alicyclic amines) is 1. The molecule has 0 bridgehead atoms. The molecule has 0 atom stereocenters. The Morgan fingerprint density at radius 3 is 1.47 bits per heavy atom. The van der Waals surface area contributed by atoms with Crippen molar-refractivity contribution in [3.63, 3.8) is 0 Å². The zero-order valence-corrected chi connectivity index (χ0v) is 74.0. The molecule has 119 heavy (non-hydrogen) atoms. The molecule has 5 saturated heterocycles. The average molecular weight is 1690 g/mol. The predicted molar refractivity (Wildman–Crippen MR) is 472 cm³/mol. The molecular weight excluding hydrogens is 1560 g/mol. The number of nitrogens with one attached hydrogen (secondary N) is 7. The van der Waals surface area contributed by atoms with Crippen LogP contribution < -0.4 is 42.7 Å². The van der Waals surface area contributed by atoms with Crippen LogP contribution in [0.15, 0.2) is 102 Å². The summed E-state index contributed by atoms with van der Waals surface area (Å²) in [6, 6.07) is 30.4. The molecule has 0 unspecified atom stereocenters. The highest BCUT2D eigenvalue weighted by Gasteiger charge is 2.58. The van der Waals surface area contributed by atoms with E-state index in [4.69, 9.17) is 33.5 Å². The molecule has 26 heteroatoms. The van der Waals surface area contributed by atoms with Crippen LogP contribution in [0.1, 0.15) is 209 Å². The van der Waals surface area contributed by atoms with Crippen LogP contribution in [-0.2, 0) is 108 Å². The van der Waals surface area contributed by atoms with Crippen LogP contribution >= 0.6 is 15.9 Å². The molecule has 5 aliphatic heterocycles. The van der Waals surface area contributed by atoms with Crippen molar-refractivity contribution in [2.24, 2.45) is 22.7 Å². The first-order valence-electron chi connectivity index (χ1n) is 43.7. The largest absolute Gasteiger partial charge is 0.494 e. The summed E-state index contributed by atoms with van der Waals surface area (Å²) in [5.41, 5.74) is 14.7. The number of ether oxygens (including phenoxy) is 3.